The maximum atomic E-state index is 5.96. The Hall–Kier alpha value is 0.394. The van der Waals surface area contributed by atoms with Crippen molar-refractivity contribution in [2.75, 3.05) is 0 Å². The lowest BCUT2D eigenvalue weighted by Gasteiger charge is -2.24. The summed E-state index contributed by atoms with van der Waals surface area (Å²) >= 11 is 0. The van der Waals surface area contributed by atoms with Crippen molar-refractivity contribution in [1.82, 2.24) is 0 Å². The zero-order valence-corrected chi connectivity index (χ0v) is 10.1. The summed E-state index contributed by atoms with van der Waals surface area (Å²) in [5.41, 5.74) is 0. The summed E-state index contributed by atoms with van der Waals surface area (Å²) < 4.78 is 5.96. The zero-order valence-electron chi connectivity index (χ0n) is 7.90. The Morgan fingerprint density at radius 3 is 2.10 bits per heavy atom. The quantitative estimate of drug-likeness (QED) is 0.598. The average Bonchev–Trinajstić information content (AvgIpc) is 1.59. The van der Waals surface area contributed by atoms with Gasteiger partial charge in [-0.1, -0.05) is 13.3 Å². The van der Waals surface area contributed by atoms with Crippen molar-refractivity contribution < 1.29 is 4.12 Å². The Kier molecular flexibility index (Phi) is 4.48. The van der Waals surface area contributed by atoms with E-state index in [1.54, 1.807) is 0 Å². The van der Waals surface area contributed by atoms with Gasteiger partial charge < -0.3 is 4.12 Å². The minimum atomic E-state index is -1.20. The monoisotopic (exact) mass is 176 g/mol. The summed E-state index contributed by atoms with van der Waals surface area (Å²) in [7, 11) is -1.97. The van der Waals surface area contributed by atoms with E-state index in [-0.39, 0.29) is 0 Å². The molecular weight excluding hydrogens is 156 g/mol. The van der Waals surface area contributed by atoms with Crippen LogP contribution in [-0.2, 0) is 4.12 Å². The smallest absolute Gasteiger partial charge is 0.173 e. The van der Waals surface area contributed by atoms with E-state index in [9.17, 15) is 0 Å². The van der Waals surface area contributed by atoms with Gasteiger partial charge in [-0.05, 0) is 32.2 Å². The van der Waals surface area contributed by atoms with E-state index in [0.29, 0.717) is 0 Å². The Morgan fingerprint density at radius 1 is 1.30 bits per heavy atom. The molecule has 0 fully saturated rings. The number of rotatable bonds is 4. The molecule has 0 bridgehead atoms. The highest BCUT2D eigenvalue weighted by molar-refractivity contribution is 6.77. The van der Waals surface area contributed by atoms with Gasteiger partial charge in [-0.3, -0.25) is 0 Å². The van der Waals surface area contributed by atoms with Gasteiger partial charge >= 0.3 is 0 Å². The van der Waals surface area contributed by atoms with Gasteiger partial charge in [0.25, 0.3) is 0 Å². The first-order chi connectivity index (χ1) is 4.48. The van der Waals surface area contributed by atoms with Crippen molar-refractivity contribution in [3.8, 4) is 0 Å². The highest BCUT2D eigenvalue weighted by atomic mass is 28.4. The average molecular weight is 176 g/mol. The van der Waals surface area contributed by atoms with Gasteiger partial charge in [0.1, 0.15) is 0 Å². The molecule has 10 heavy (non-hydrogen) atoms. The number of hydrogen-bond acceptors (Lipinski definition) is 1. The molecule has 0 unspecified atom stereocenters. The SMILES string of the molecule is CCC[Si](C)(C)O[SiH](C)C. The van der Waals surface area contributed by atoms with Gasteiger partial charge in [-0.15, -0.1) is 0 Å². The van der Waals surface area contributed by atoms with Gasteiger partial charge in [-0.25, -0.2) is 0 Å². The molecule has 0 spiro atoms. The maximum absolute atomic E-state index is 5.96. The van der Waals surface area contributed by atoms with Crippen molar-refractivity contribution >= 4 is 17.4 Å². The van der Waals surface area contributed by atoms with E-state index in [0.717, 1.165) is 0 Å². The van der Waals surface area contributed by atoms with Crippen LogP contribution in [0.15, 0.2) is 0 Å². The second kappa shape index (κ2) is 4.31. The van der Waals surface area contributed by atoms with E-state index in [2.05, 4.69) is 33.1 Å². The molecule has 0 N–H and O–H groups in total. The molecular formula is C7H20OSi2. The van der Waals surface area contributed by atoms with Crippen molar-refractivity contribution in [3.05, 3.63) is 0 Å². The molecule has 0 aliphatic carbocycles. The Bertz CT molecular complexity index is 91.6. The van der Waals surface area contributed by atoms with E-state index in [4.69, 9.17) is 4.12 Å². The zero-order chi connectivity index (χ0) is 8.20. The molecule has 0 heterocycles. The molecule has 0 atom stereocenters. The lowest BCUT2D eigenvalue weighted by molar-refractivity contribution is 0.568. The van der Waals surface area contributed by atoms with Gasteiger partial charge in [-0.2, -0.15) is 0 Å². The Balaban J connectivity index is 3.63. The predicted octanol–water partition coefficient (Wildman–Crippen LogP) is 2.60. The van der Waals surface area contributed by atoms with E-state index in [1.807, 2.05) is 0 Å². The topological polar surface area (TPSA) is 9.23 Å². The van der Waals surface area contributed by atoms with E-state index >= 15 is 0 Å². The highest BCUT2D eigenvalue weighted by Crippen LogP contribution is 2.13. The lowest BCUT2D eigenvalue weighted by atomic mass is 10.6. The van der Waals surface area contributed by atoms with Gasteiger partial charge in [0.05, 0.1) is 0 Å². The van der Waals surface area contributed by atoms with Crippen LogP contribution >= 0.6 is 0 Å². The fraction of sp³-hybridized carbons (Fsp3) is 1.00. The van der Waals surface area contributed by atoms with Crippen molar-refractivity contribution in [2.24, 2.45) is 0 Å². The Labute approximate surface area is 67.6 Å². The molecule has 0 saturated carbocycles. The van der Waals surface area contributed by atoms with Crippen LogP contribution in [0.3, 0.4) is 0 Å². The molecule has 0 aromatic heterocycles. The van der Waals surface area contributed by atoms with Crippen LogP contribution in [0.25, 0.3) is 0 Å². The standard InChI is InChI=1S/C7H20OSi2/c1-6-7-10(4,5)8-9(2)3/h9H,6-7H2,1-5H3. The third-order valence-corrected chi connectivity index (χ3v) is 7.55. The fourth-order valence-electron chi connectivity index (χ4n) is 1.30. The summed E-state index contributed by atoms with van der Waals surface area (Å²) in [6.45, 7) is 11.4. The van der Waals surface area contributed by atoms with Crippen LogP contribution in [0, 0.1) is 0 Å². The van der Waals surface area contributed by atoms with Crippen molar-refractivity contribution in [3.63, 3.8) is 0 Å². The minimum Gasteiger partial charge on any atom is -0.458 e. The van der Waals surface area contributed by atoms with Crippen LogP contribution in [0.5, 0.6) is 0 Å². The molecule has 0 amide bonds. The maximum Gasteiger partial charge on any atom is 0.173 e. The Morgan fingerprint density at radius 2 is 1.80 bits per heavy atom. The van der Waals surface area contributed by atoms with Gasteiger partial charge in [0, 0.05) is 0 Å². The molecule has 0 saturated heterocycles. The first kappa shape index (κ1) is 10.4. The second-order valence-corrected chi connectivity index (χ2v) is 10.7. The molecule has 1 nitrogen and oxygen atoms in total. The first-order valence-corrected chi connectivity index (χ1v) is 10.1. The normalized spacial score (nSPS) is 12.6. The number of hydrogen-bond donors (Lipinski definition) is 0. The molecule has 62 valence electrons. The summed E-state index contributed by atoms with van der Waals surface area (Å²) in [6, 6.07) is 1.32. The molecule has 0 radical (unpaired) electrons. The highest BCUT2D eigenvalue weighted by Gasteiger charge is 2.21. The third kappa shape index (κ3) is 5.20. The van der Waals surface area contributed by atoms with Gasteiger partial charge in [0.15, 0.2) is 17.4 Å². The predicted molar refractivity (Wildman–Crippen MR) is 52.5 cm³/mol. The summed E-state index contributed by atoms with van der Waals surface area (Å²) in [6.07, 6.45) is 1.28. The van der Waals surface area contributed by atoms with Crippen molar-refractivity contribution in [1.29, 1.82) is 0 Å². The van der Waals surface area contributed by atoms with Crippen molar-refractivity contribution in [2.45, 2.75) is 45.6 Å². The van der Waals surface area contributed by atoms with E-state index in [1.165, 1.54) is 12.5 Å². The van der Waals surface area contributed by atoms with E-state index < -0.39 is 17.4 Å². The molecule has 0 aliphatic rings. The second-order valence-electron chi connectivity index (χ2n) is 3.68. The van der Waals surface area contributed by atoms with Crippen LogP contribution in [0.1, 0.15) is 13.3 Å². The first-order valence-electron chi connectivity index (χ1n) is 4.16. The van der Waals surface area contributed by atoms with Crippen LogP contribution in [-0.4, -0.2) is 17.4 Å². The van der Waals surface area contributed by atoms with Crippen LogP contribution in [0.4, 0.5) is 0 Å². The molecule has 0 aromatic carbocycles. The van der Waals surface area contributed by atoms with Gasteiger partial charge in [0.2, 0.25) is 0 Å². The summed E-state index contributed by atoms with van der Waals surface area (Å²) in [4.78, 5) is 0. The lowest BCUT2D eigenvalue weighted by Crippen LogP contribution is -2.34. The summed E-state index contributed by atoms with van der Waals surface area (Å²) in [5, 5.41) is 0. The summed E-state index contributed by atoms with van der Waals surface area (Å²) in [5.74, 6) is 0. The molecule has 3 heteroatoms. The van der Waals surface area contributed by atoms with Crippen LogP contribution < -0.4 is 0 Å². The third-order valence-electron chi connectivity index (χ3n) is 1.41. The molecule has 0 aromatic rings. The largest absolute Gasteiger partial charge is 0.458 e. The van der Waals surface area contributed by atoms with Crippen LogP contribution in [0.2, 0.25) is 32.2 Å². The molecule has 0 rings (SSSR count). The fourth-order valence-corrected chi connectivity index (χ4v) is 8.08. The minimum absolute atomic E-state index is 0.765. The molecule has 0 aliphatic heterocycles.